The second kappa shape index (κ2) is 14.4. The first-order chi connectivity index (χ1) is 16.7. The number of nitrogens with zero attached hydrogens (tertiary/aromatic N) is 3. The fraction of sp³-hybridized carbons (Fsp3) is 0.762. The van der Waals surface area contributed by atoms with E-state index in [0.29, 0.717) is 5.54 Å². The molecule has 0 radical (unpaired) electrons. The van der Waals surface area contributed by atoms with Gasteiger partial charge in [-0.15, -0.1) is 0 Å². The third kappa shape index (κ3) is 11.6. The van der Waals surface area contributed by atoms with Crippen molar-refractivity contribution >= 4 is 11.9 Å². The maximum absolute atomic E-state index is 10.6. The zero-order valence-electron chi connectivity index (χ0n) is 19.9. The van der Waals surface area contributed by atoms with Gasteiger partial charge in [0, 0.05) is 37.9 Å². The van der Waals surface area contributed by atoms with Crippen LogP contribution < -0.4 is 0 Å². The predicted molar refractivity (Wildman–Crippen MR) is 115 cm³/mol. The van der Waals surface area contributed by atoms with Crippen molar-refractivity contribution in [2.45, 2.75) is 56.4 Å². The molecule has 0 aromatic carbocycles. The van der Waals surface area contributed by atoms with E-state index in [2.05, 4.69) is 27.0 Å². The van der Waals surface area contributed by atoms with Crippen LogP contribution in [0, 0.1) is 0 Å². The second-order valence-corrected chi connectivity index (χ2v) is 8.58. The van der Waals surface area contributed by atoms with Crippen LogP contribution in [0.2, 0.25) is 0 Å². The zero-order chi connectivity index (χ0) is 27.4. The number of aromatic amines is 1. The number of nitrogens with one attached hydrogen (secondary N) is 1. The Balaban J connectivity index is 0.000000383. The standard InChI is InChI=1S/C17H30N4O.2C2HF3O2/c1-20(8-5-16-13-18-19-14-16)15-17(6-3-2-4-7-17)21-9-11-22-12-10-21;2*3-2(4,5)1(6)7/h13-14H,2-12,15H2,1H3,(H,18,19);2*(H,6,7). The van der Waals surface area contributed by atoms with Crippen molar-refractivity contribution in [2.75, 3.05) is 46.4 Å². The zero-order valence-corrected chi connectivity index (χ0v) is 19.9. The van der Waals surface area contributed by atoms with Gasteiger partial charge < -0.3 is 19.8 Å². The number of H-pyrrole nitrogens is 1. The van der Waals surface area contributed by atoms with Gasteiger partial charge >= 0.3 is 24.3 Å². The van der Waals surface area contributed by atoms with E-state index < -0.39 is 24.3 Å². The molecule has 3 rings (SSSR count). The van der Waals surface area contributed by atoms with Gasteiger partial charge in [0.15, 0.2) is 0 Å². The highest BCUT2D eigenvalue weighted by atomic mass is 19.4. The molecule has 2 fully saturated rings. The molecule has 0 spiro atoms. The van der Waals surface area contributed by atoms with Gasteiger partial charge in [0.2, 0.25) is 0 Å². The molecule has 2 heterocycles. The Morgan fingerprint density at radius 2 is 1.56 bits per heavy atom. The number of ether oxygens (including phenoxy) is 1. The number of alkyl halides is 6. The molecule has 1 saturated carbocycles. The molecule has 1 aliphatic heterocycles. The van der Waals surface area contributed by atoms with E-state index in [9.17, 15) is 26.3 Å². The largest absolute Gasteiger partial charge is 0.490 e. The van der Waals surface area contributed by atoms with Crippen LogP contribution in [-0.2, 0) is 20.7 Å². The first-order valence-electron chi connectivity index (χ1n) is 11.3. The number of morpholine rings is 1. The summed E-state index contributed by atoms with van der Waals surface area (Å²) in [7, 11) is 2.27. The third-order valence-corrected chi connectivity index (χ3v) is 5.85. The van der Waals surface area contributed by atoms with E-state index in [-0.39, 0.29) is 0 Å². The van der Waals surface area contributed by atoms with Crippen LogP contribution >= 0.6 is 0 Å². The van der Waals surface area contributed by atoms with Crippen LogP contribution in [0.1, 0.15) is 37.7 Å². The highest BCUT2D eigenvalue weighted by molar-refractivity contribution is 5.73. The minimum atomic E-state index is -5.08. The summed E-state index contributed by atoms with van der Waals surface area (Å²) in [5, 5.41) is 21.2. The van der Waals surface area contributed by atoms with Crippen LogP contribution in [-0.4, -0.2) is 106 Å². The minimum Gasteiger partial charge on any atom is -0.475 e. The Hall–Kier alpha value is -2.39. The summed E-state index contributed by atoms with van der Waals surface area (Å²) >= 11 is 0. The van der Waals surface area contributed by atoms with Gasteiger partial charge in [-0.25, -0.2) is 9.59 Å². The molecule has 0 unspecified atom stereocenters. The molecule has 1 aromatic rings. The number of aromatic nitrogens is 2. The van der Waals surface area contributed by atoms with Crippen molar-refractivity contribution in [1.29, 1.82) is 0 Å². The van der Waals surface area contributed by atoms with Gasteiger partial charge in [-0.1, -0.05) is 19.3 Å². The number of rotatable bonds is 6. The van der Waals surface area contributed by atoms with E-state index in [4.69, 9.17) is 24.5 Å². The Bertz CT molecular complexity index is 753. The average molecular weight is 534 g/mol. The van der Waals surface area contributed by atoms with Crippen molar-refractivity contribution < 1.29 is 50.9 Å². The molecule has 3 N–H and O–H groups in total. The Labute approximate surface area is 204 Å². The third-order valence-electron chi connectivity index (χ3n) is 5.85. The molecule has 2 aliphatic rings. The average Bonchev–Trinajstić information content (AvgIpc) is 3.32. The molecule has 15 heteroatoms. The Kier molecular flexibility index (Phi) is 12.6. The van der Waals surface area contributed by atoms with Crippen LogP contribution in [0.15, 0.2) is 12.4 Å². The summed E-state index contributed by atoms with van der Waals surface area (Å²) in [4.78, 5) is 23.0. The van der Waals surface area contributed by atoms with Crippen molar-refractivity contribution in [3.8, 4) is 0 Å². The smallest absolute Gasteiger partial charge is 0.475 e. The number of hydrogen-bond acceptors (Lipinski definition) is 6. The molecule has 1 saturated heterocycles. The molecule has 1 aromatic heterocycles. The summed E-state index contributed by atoms with van der Waals surface area (Å²) < 4.78 is 69.0. The monoisotopic (exact) mass is 534 g/mol. The summed E-state index contributed by atoms with van der Waals surface area (Å²) in [6, 6.07) is 0. The van der Waals surface area contributed by atoms with Gasteiger partial charge in [0.25, 0.3) is 0 Å². The normalized spacial score (nSPS) is 18.4. The van der Waals surface area contributed by atoms with Crippen LogP contribution in [0.5, 0.6) is 0 Å². The van der Waals surface area contributed by atoms with Gasteiger partial charge in [-0.2, -0.15) is 31.4 Å². The molecule has 36 heavy (non-hydrogen) atoms. The fourth-order valence-electron chi connectivity index (χ4n) is 4.14. The number of carboxylic acid groups (broad SMARTS) is 2. The highest BCUT2D eigenvalue weighted by Gasteiger charge is 2.40. The lowest BCUT2D eigenvalue weighted by Gasteiger charge is -2.49. The van der Waals surface area contributed by atoms with Crippen LogP contribution in [0.3, 0.4) is 0 Å². The molecule has 0 atom stereocenters. The van der Waals surface area contributed by atoms with Gasteiger partial charge in [-0.05, 0) is 31.9 Å². The highest BCUT2D eigenvalue weighted by Crippen LogP contribution is 2.35. The van der Waals surface area contributed by atoms with Crippen LogP contribution in [0.25, 0.3) is 0 Å². The SMILES string of the molecule is CN(CCc1cn[nH]c1)CC1(N2CCOCC2)CCCCC1.O=C(O)C(F)(F)F.O=C(O)C(F)(F)F. The van der Waals surface area contributed by atoms with Crippen molar-refractivity contribution in [1.82, 2.24) is 20.0 Å². The maximum Gasteiger partial charge on any atom is 0.490 e. The van der Waals surface area contributed by atoms with Crippen molar-refractivity contribution in [2.24, 2.45) is 0 Å². The number of halogens is 6. The second-order valence-electron chi connectivity index (χ2n) is 8.58. The molecule has 9 nitrogen and oxygen atoms in total. The van der Waals surface area contributed by atoms with E-state index in [1.165, 1.54) is 44.2 Å². The summed E-state index contributed by atoms with van der Waals surface area (Å²) in [5.41, 5.74) is 1.68. The number of carbonyl (C=O) groups is 2. The van der Waals surface area contributed by atoms with Crippen LogP contribution in [0.4, 0.5) is 26.3 Å². The minimum absolute atomic E-state index is 0.382. The number of carboxylic acids is 2. The first-order valence-corrected chi connectivity index (χ1v) is 11.3. The first kappa shape index (κ1) is 31.6. The lowest BCUT2D eigenvalue weighted by molar-refractivity contribution is -0.193. The van der Waals surface area contributed by atoms with Gasteiger partial charge in [0.05, 0.1) is 19.4 Å². The maximum atomic E-state index is 10.6. The van der Waals surface area contributed by atoms with E-state index in [1.807, 2.05) is 12.4 Å². The quantitative estimate of drug-likeness (QED) is 0.477. The van der Waals surface area contributed by atoms with Gasteiger partial charge in [0.1, 0.15) is 0 Å². The molecule has 1 aliphatic carbocycles. The predicted octanol–water partition coefficient (Wildman–Crippen LogP) is 3.19. The summed E-state index contributed by atoms with van der Waals surface area (Å²) in [6.07, 6.45) is 1.72. The fourth-order valence-corrected chi connectivity index (χ4v) is 4.14. The van der Waals surface area contributed by atoms with Crippen molar-refractivity contribution in [3.63, 3.8) is 0 Å². The number of hydrogen-bond donors (Lipinski definition) is 3. The van der Waals surface area contributed by atoms with Gasteiger partial charge in [-0.3, -0.25) is 10.00 Å². The number of likely N-dealkylation sites (N-methyl/N-ethyl adjacent to an activating group) is 1. The summed E-state index contributed by atoms with van der Waals surface area (Å²) in [5.74, 6) is -5.51. The Morgan fingerprint density at radius 1 is 1.06 bits per heavy atom. The number of aliphatic carboxylic acids is 2. The lowest BCUT2D eigenvalue weighted by Crippen LogP contribution is -2.59. The van der Waals surface area contributed by atoms with Crippen molar-refractivity contribution in [3.05, 3.63) is 18.0 Å². The Morgan fingerprint density at radius 3 is 1.97 bits per heavy atom. The van der Waals surface area contributed by atoms with E-state index in [0.717, 1.165) is 39.3 Å². The summed E-state index contributed by atoms with van der Waals surface area (Å²) in [6.45, 7) is 6.31. The van der Waals surface area contributed by atoms with E-state index >= 15 is 0 Å². The molecule has 0 bridgehead atoms. The molecular weight excluding hydrogens is 502 g/mol. The molecule has 208 valence electrons. The topological polar surface area (TPSA) is 119 Å². The molecule has 0 amide bonds. The van der Waals surface area contributed by atoms with E-state index in [1.54, 1.807) is 0 Å². The molecular formula is C21H32F6N4O5. The lowest BCUT2D eigenvalue weighted by atomic mass is 9.79.